The van der Waals surface area contributed by atoms with Gasteiger partial charge >= 0.3 is 5.63 Å². The lowest BCUT2D eigenvalue weighted by atomic mass is 9.71. The van der Waals surface area contributed by atoms with Crippen LogP contribution in [-0.2, 0) is 22.4 Å². The molecule has 2 heterocycles. The van der Waals surface area contributed by atoms with Crippen molar-refractivity contribution < 1.29 is 23.8 Å². The molecule has 1 aliphatic heterocycles. The second-order valence-corrected chi connectivity index (χ2v) is 10.8. The molecule has 2 aliphatic carbocycles. The molecule has 2 aromatic rings. The minimum atomic E-state index is -0.834. The van der Waals surface area contributed by atoms with Crippen LogP contribution in [0.25, 0.3) is 11.0 Å². The standard InChI is InChI=1S/C28H36N2O6/c1-17-13-22(25-20-8-3-4-9-21(20)27(33)36-23(25)14-17)35-18(2)26(32)29-15-24(31)30-12-11-28(34)10-6-5-7-19(28)16-30/h13-14,18-19,34H,3-12,15-16H2,1-2H3,(H,29,32)/t18-,19+,28+/m1/s1. The fourth-order valence-electron chi connectivity index (χ4n) is 6.22. The molecule has 8 heteroatoms. The van der Waals surface area contributed by atoms with Gasteiger partial charge in [-0.15, -0.1) is 0 Å². The van der Waals surface area contributed by atoms with Gasteiger partial charge in [0.15, 0.2) is 6.10 Å². The Balaban J connectivity index is 1.25. The predicted molar refractivity (Wildman–Crippen MR) is 135 cm³/mol. The Bertz CT molecular complexity index is 1240. The van der Waals surface area contributed by atoms with Crippen LogP contribution >= 0.6 is 0 Å². The average Bonchev–Trinajstić information content (AvgIpc) is 2.86. The lowest BCUT2D eigenvalue weighted by Crippen LogP contribution is -2.56. The Labute approximate surface area is 211 Å². The normalized spacial score (nSPS) is 24.5. The van der Waals surface area contributed by atoms with Crippen molar-refractivity contribution in [3.05, 3.63) is 39.2 Å². The summed E-state index contributed by atoms with van der Waals surface area (Å²) in [5.41, 5.74) is 2.07. The molecule has 1 saturated heterocycles. The first-order valence-electron chi connectivity index (χ1n) is 13.3. The SMILES string of the molecule is Cc1cc(O[C@H](C)C(=O)NCC(=O)N2CC[C@@]3(O)CCCC[C@H]3C2)c2c3c(c(=O)oc2c1)CCCC3. The first-order chi connectivity index (χ1) is 17.2. The Morgan fingerprint density at radius 1 is 1.19 bits per heavy atom. The van der Waals surface area contributed by atoms with Crippen LogP contribution in [0.4, 0.5) is 0 Å². The molecule has 36 heavy (non-hydrogen) atoms. The topological polar surface area (TPSA) is 109 Å². The number of aliphatic hydroxyl groups is 1. The van der Waals surface area contributed by atoms with Crippen LogP contribution in [0.15, 0.2) is 21.3 Å². The molecule has 2 N–H and O–H groups in total. The zero-order valence-electron chi connectivity index (χ0n) is 21.2. The molecule has 3 aliphatic rings. The molecule has 2 fully saturated rings. The number of amides is 2. The van der Waals surface area contributed by atoms with Gasteiger partial charge in [-0.1, -0.05) is 12.8 Å². The van der Waals surface area contributed by atoms with Crippen molar-refractivity contribution >= 4 is 22.8 Å². The molecule has 1 aromatic carbocycles. The third-order valence-electron chi connectivity index (χ3n) is 8.30. The quantitative estimate of drug-likeness (QED) is 0.616. The molecular formula is C28H36N2O6. The van der Waals surface area contributed by atoms with E-state index >= 15 is 0 Å². The molecule has 0 unspecified atom stereocenters. The zero-order chi connectivity index (χ0) is 25.4. The van der Waals surface area contributed by atoms with E-state index in [0.717, 1.165) is 61.5 Å². The molecule has 2 amide bonds. The van der Waals surface area contributed by atoms with Crippen LogP contribution in [0.2, 0.25) is 0 Å². The van der Waals surface area contributed by atoms with Crippen LogP contribution in [0.1, 0.15) is 68.6 Å². The van der Waals surface area contributed by atoms with Crippen LogP contribution < -0.4 is 15.7 Å². The molecule has 0 radical (unpaired) electrons. The predicted octanol–water partition coefficient (Wildman–Crippen LogP) is 3.02. The number of benzene rings is 1. The number of hydrogen-bond acceptors (Lipinski definition) is 6. The summed E-state index contributed by atoms with van der Waals surface area (Å²) < 4.78 is 11.7. The second-order valence-electron chi connectivity index (χ2n) is 10.8. The maximum Gasteiger partial charge on any atom is 0.339 e. The highest BCUT2D eigenvalue weighted by molar-refractivity contribution is 5.90. The van der Waals surface area contributed by atoms with Gasteiger partial charge in [-0.2, -0.15) is 0 Å². The maximum absolute atomic E-state index is 12.9. The summed E-state index contributed by atoms with van der Waals surface area (Å²) >= 11 is 0. The van der Waals surface area contributed by atoms with Gasteiger partial charge < -0.3 is 24.5 Å². The number of hydrogen-bond donors (Lipinski definition) is 2. The van der Waals surface area contributed by atoms with Crippen molar-refractivity contribution in [3.63, 3.8) is 0 Å². The minimum Gasteiger partial charge on any atom is -0.480 e. The van der Waals surface area contributed by atoms with Crippen molar-refractivity contribution in [1.29, 1.82) is 0 Å². The van der Waals surface area contributed by atoms with E-state index in [1.54, 1.807) is 11.8 Å². The summed E-state index contributed by atoms with van der Waals surface area (Å²) in [6, 6.07) is 3.69. The van der Waals surface area contributed by atoms with Gasteiger partial charge in [0.1, 0.15) is 11.3 Å². The molecule has 0 spiro atoms. The Kier molecular flexibility index (Phi) is 6.81. The number of likely N-dealkylation sites (tertiary alicyclic amines) is 1. The van der Waals surface area contributed by atoms with E-state index in [-0.39, 0.29) is 29.9 Å². The first-order valence-corrected chi connectivity index (χ1v) is 13.3. The van der Waals surface area contributed by atoms with E-state index in [0.29, 0.717) is 42.8 Å². The summed E-state index contributed by atoms with van der Waals surface area (Å²) in [4.78, 5) is 39.9. The Morgan fingerprint density at radius 2 is 1.97 bits per heavy atom. The molecular weight excluding hydrogens is 460 g/mol. The number of nitrogens with one attached hydrogen (secondary N) is 1. The highest BCUT2D eigenvalue weighted by atomic mass is 16.5. The number of fused-ring (bicyclic) bond motifs is 4. The molecule has 0 bridgehead atoms. The van der Waals surface area contributed by atoms with E-state index in [9.17, 15) is 19.5 Å². The molecule has 5 rings (SSSR count). The molecule has 1 saturated carbocycles. The third-order valence-corrected chi connectivity index (χ3v) is 8.30. The number of piperidine rings is 1. The largest absolute Gasteiger partial charge is 0.480 e. The number of aryl methyl sites for hydroxylation is 2. The number of ether oxygens (including phenoxy) is 1. The van der Waals surface area contributed by atoms with Crippen molar-refractivity contribution in [1.82, 2.24) is 10.2 Å². The average molecular weight is 497 g/mol. The Hall–Kier alpha value is -2.87. The number of nitrogens with zero attached hydrogens (tertiary/aromatic N) is 1. The number of carbonyl (C=O) groups excluding carboxylic acids is 2. The number of carbonyl (C=O) groups is 2. The lowest BCUT2D eigenvalue weighted by molar-refractivity contribution is -0.144. The van der Waals surface area contributed by atoms with Crippen molar-refractivity contribution in [2.45, 2.75) is 83.3 Å². The first kappa shape index (κ1) is 24.8. The van der Waals surface area contributed by atoms with Crippen LogP contribution in [-0.4, -0.2) is 53.2 Å². The summed E-state index contributed by atoms with van der Waals surface area (Å²) in [5.74, 6) is 0.117. The minimum absolute atomic E-state index is 0.101. The highest BCUT2D eigenvalue weighted by Gasteiger charge is 2.43. The molecule has 8 nitrogen and oxygen atoms in total. The fourth-order valence-corrected chi connectivity index (χ4v) is 6.22. The Morgan fingerprint density at radius 3 is 2.78 bits per heavy atom. The van der Waals surface area contributed by atoms with Crippen LogP contribution in [0.3, 0.4) is 0 Å². The van der Waals surface area contributed by atoms with Gasteiger partial charge in [-0.05, 0) is 82.1 Å². The highest BCUT2D eigenvalue weighted by Crippen LogP contribution is 2.40. The van der Waals surface area contributed by atoms with Gasteiger partial charge in [0, 0.05) is 24.6 Å². The van der Waals surface area contributed by atoms with Gasteiger partial charge in [0.2, 0.25) is 5.91 Å². The van der Waals surface area contributed by atoms with Gasteiger partial charge in [-0.25, -0.2) is 4.79 Å². The second kappa shape index (κ2) is 9.88. The van der Waals surface area contributed by atoms with E-state index in [4.69, 9.17) is 9.15 Å². The van der Waals surface area contributed by atoms with E-state index in [1.807, 2.05) is 19.1 Å². The third kappa shape index (κ3) is 4.75. The smallest absolute Gasteiger partial charge is 0.339 e. The molecule has 1 aromatic heterocycles. The molecule has 3 atom stereocenters. The summed E-state index contributed by atoms with van der Waals surface area (Å²) in [5, 5.41) is 14.3. The van der Waals surface area contributed by atoms with Crippen LogP contribution in [0, 0.1) is 12.8 Å². The summed E-state index contributed by atoms with van der Waals surface area (Å²) in [6.07, 6.45) is 7.04. The van der Waals surface area contributed by atoms with Crippen LogP contribution in [0.5, 0.6) is 5.75 Å². The van der Waals surface area contributed by atoms with Gasteiger partial charge in [0.25, 0.3) is 5.91 Å². The van der Waals surface area contributed by atoms with Gasteiger partial charge in [0.05, 0.1) is 17.5 Å². The van der Waals surface area contributed by atoms with Crippen molar-refractivity contribution in [3.8, 4) is 5.75 Å². The fraction of sp³-hybridized carbons (Fsp3) is 0.607. The summed E-state index contributed by atoms with van der Waals surface area (Å²) in [6.45, 7) is 4.50. The van der Waals surface area contributed by atoms with E-state index in [2.05, 4.69) is 5.32 Å². The van der Waals surface area contributed by atoms with E-state index < -0.39 is 11.7 Å². The number of rotatable bonds is 5. The van der Waals surface area contributed by atoms with Gasteiger partial charge in [-0.3, -0.25) is 9.59 Å². The maximum atomic E-state index is 12.9. The monoisotopic (exact) mass is 496 g/mol. The summed E-state index contributed by atoms with van der Waals surface area (Å²) in [7, 11) is 0. The van der Waals surface area contributed by atoms with E-state index in [1.165, 1.54) is 0 Å². The zero-order valence-corrected chi connectivity index (χ0v) is 21.2. The molecule has 194 valence electrons. The lowest BCUT2D eigenvalue weighted by Gasteiger charge is -2.47. The van der Waals surface area contributed by atoms with Crippen molar-refractivity contribution in [2.75, 3.05) is 19.6 Å². The van der Waals surface area contributed by atoms with Crippen molar-refractivity contribution in [2.24, 2.45) is 5.92 Å².